The van der Waals surface area contributed by atoms with Crippen LogP contribution in [0.4, 0.5) is 5.69 Å². The second-order valence-corrected chi connectivity index (χ2v) is 3.02. The number of rotatable bonds is 2. The molecular weight excluding hydrogens is 204 g/mol. The fourth-order valence-corrected chi connectivity index (χ4v) is 1.20. The van der Waals surface area contributed by atoms with Gasteiger partial charge in [-0.15, -0.1) is 0 Å². The van der Waals surface area contributed by atoms with Gasteiger partial charge in [0.1, 0.15) is 12.1 Å². The molecule has 0 aliphatic carbocycles. The SMILES string of the molecule is N#CC(C#N)N=Nc1ccc2[nH]ncc2c1. The predicted octanol–water partition coefficient (Wildman–Crippen LogP) is 2.06. The standard InChI is InChI=1S/C10H6N6/c11-4-9(5-12)15-14-8-1-2-10-7(3-8)6-13-16-10/h1-3,6,9H,(H,13,16). The summed E-state index contributed by atoms with van der Waals surface area (Å²) >= 11 is 0. The number of H-pyrrole nitrogens is 1. The minimum absolute atomic E-state index is 0.587. The van der Waals surface area contributed by atoms with E-state index in [-0.39, 0.29) is 0 Å². The van der Waals surface area contributed by atoms with Gasteiger partial charge in [-0.1, -0.05) is 0 Å². The summed E-state index contributed by atoms with van der Waals surface area (Å²) in [5, 5.41) is 32.0. The van der Waals surface area contributed by atoms with Gasteiger partial charge >= 0.3 is 0 Å². The van der Waals surface area contributed by atoms with Crippen molar-refractivity contribution >= 4 is 16.6 Å². The third-order valence-electron chi connectivity index (χ3n) is 1.96. The zero-order valence-corrected chi connectivity index (χ0v) is 8.12. The van der Waals surface area contributed by atoms with Crippen molar-refractivity contribution in [1.82, 2.24) is 10.2 Å². The number of nitrogens with zero attached hydrogens (tertiary/aromatic N) is 5. The highest BCUT2D eigenvalue weighted by atomic mass is 15.1. The molecule has 0 fully saturated rings. The highest BCUT2D eigenvalue weighted by molar-refractivity contribution is 5.80. The molecule has 6 heteroatoms. The molecule has 16 heavy (non-hydrogen) atoms. The number of fused-ring (bicyclic) bond motifs is 1. The van der Waals surface area contributed by atoms with Crippen molar-refractivity contribution in [2.45, 2.75) is 6.04 Å². The van der Waals surface area contributed by atoms with Gasteiger partial charge in [-0.05, 0) is 18.2 Å². The zero-order valence-electron chi connectivity index (χ0n) is 8.12. The van der Waals surface area contributed by atoms with E-state index >= 15 is 0 Å². The number of hydrogen-bond donors (Lipinski definition) is 1. The minimum Gasteiger partial charge on any atom is -0.278 e. The molecule has 0 aliphatic rings. The normalized spacial score (nSPS) is 10.7. The molecule has 0 unspecified atom stereocenters. The van der Waals surface area contributed by atoms with Gasteiger partial charge in [0.05, 0.1) is 17.4 Å². The topological polar surface area (TPSA) is 101 Å². The van der Waals surface area contributed by atoms with Crippen LogP contribution in [0.3, 0.4) is 0 Å². The van der Waals surface area contributed by atoms with Gasteiger partial charge in [0.2, 0.25) is 6.04 Å². The summed E-state index contributed by atoms with van der Waals surface area (Å²) in [5.41, 5.74) is 1.49. The molecule has 1 N–H and O–H groups in total. The number of benzene rings is 1. The monoisotopic (exact) mass is 210 g/mol. The van der Waals surface area contributed by atoms with Crippen LogP contribution in [0.5, 0.6) is 0 Å². The lowest BCUT2D eigenvalue weighted by Gasteiger charge is -1.92. The van der Waals surface area contributed by atoms with Crippen LogP contribution in [0.2, 0.25) is 0 Å². The van der Waals surface area contributed by atoms with E-state index in [1.54, 1.807) is 30.5 Å². The third-order valence-corrected chi connectivity index (χ3v) is 1.96. The van der Waals surface area contributed by atoms with Crippen molar-refractivity contribution in [3.8, 4) is 12.1 Å². The second-order valence-electron chi connectivity index (χ2n) is 3.02. The van der Waals surface area contributed by atoms with Gasteiger partial charge in [0, 0.05) is 5.39 Å². The lowest BCUT2D eigenvalue weighted by Crippen LogP contribution is -1.92. The number of aromatic amines is 1. The highest BCUT2D eigenvalue weighted by Gasteiger charge is 2.01. The molecule has 0 atom stereocenters. The average molecular weight is 210 g/mol. The van der Waals surface area contributed by atoms with E-state index in [0.29, 0.717) is 5.69 Å². The number of nitrogens with one attached hydrogen (secondary N) is 1. The Morgan fingerprint density at radius 1 is 1.31 bits per heavy atom. The molecule has 2 rings (SSSR count). The number of hydrogen-bond acceptors (Lipinski definition) is 5. The fraction of sp³-hybridized carbons (Fsp3) is 0.100. The van der Waals surface area contributed by atoms with E-state index in [9.17, 15) is 0 Å². The number of azo groups is 1. The molecule has 1 aromatic heterocycles. The summed E-state index contributed by atoms with van der Waals surface area (Å²) < 4.78 is 0. The van der Waals surface area contributed by atoms with Crippen LogP contribution in [0, 0.1) is 22.7 Å². The molecule has 0 spiro atoms. The summed E-state index contributed by atoms with van der Waals surface area (Å²) in [7, 11) is 0. The van der Waals surface area contributed by atoms with Crippen molar-refractivity contribution in [3.05, 3.63) is 24.4 Å². The van der Waals surface area contributed by atoms with Crippen LogP contribution >= 0.6 is 0 Å². The van der Waals surface area contributed by atoms with Crippen molar-refractivity contribution in [2.75, 3.05) is 0 Å². The maximum absolute atomic E-state index is 8.50. The first-order chi connectivity index (χ1) is 7.83. The van der Waals surface area contributed by atoms with Crippen LogP contribution < -0.4 is 0 Å². The first-order valence-corrected chi connectivity index (χ1v) is 4.46. The minimum atomic E-state index is -1.06. The summed E-state index contributed by atoms with van der Waals surface area (Å²) in [6, 6.07) is 7.69. The Hall–Kier alpha value is -2.73. The summed E-state index contributed by atoms with van der Waals surface area (Å²) in [6.45, 7) is 0. The molecule has 0 amide bonds. The van der Waals surface area contributed by atoms with E-state index < -0.39 is 6.04 Å². The molecule has 0 saturated carbocycles. The van der Waals surface area contributed by atoms with Crippen molar-refractivity contribution in [1.29, 1.82) is 10.5 Å². The Morgan fingerprint density at radius 2 is 2.12 bits per heavy atom. The lowest BCUT2D eigenvalue weighted by atomic mass is 10.2. The van der Waals surface area contributed by atoms with Crippen LogP contribution in [-0.4, -0.2) is 16.2 Å². The highest BCUT2D eigenvalue weighted by Crippen LogP contribution is 2.19. The van der Waals surface area contributed by atoms with Crippen molar-refractivity contribution in [2.24, 2.45) is 10.2 Å². The van der Waals surface area contributed by atoms with E-state index in [0.717, 1.165) is 10.9 Å². The molecule has 6 nitrogen and oxygen atoms in total. The molecular formula is C10H6N6. The summed E-state index contributed by atoms with van der Waals surface area (Å²) in [5.74, 6) is 0. The van der Waals surface area contributed by atoms with E-state index in [2.05, 4.69) is 20.4 Å². The van der Waals surface area contributed by atoms with Crippen LogP contribution in [-0.2, 0) is 0 Å². The molecule has 0 bridgehead atoms. The van der Waals surface area contributed by atoms with Crippen LogP contribution in [0.1, 0.15) is 0 Å². The fourth-order valence-electron chi connectivity index (χ4n) is 1.20. The van der Waals surface area contributed by atoms with E-state index in [1.807, 2.05) is 6.07 Å². The van der Waals surface area contributed by atoms with Gasteiger partial charge in [-0.25, -0.2) is 0 Å². The van der Waals surface area contributed by atoms with Crippen molar-refractivity contribution in [3.63, 3.8) is 0 Å². The smallest absolute Gasteiger partial charge is 0.242 e. The van der Waals surface area contributed by atoms with Gasteiger partial charge in [-0.2, -0.15) is 25.9 Å². The summed E-state index contributed by atoms with van der Waals surface area (Å²) in [4.78, 5) is 0. The Morgan fingerprint density at radius 3 is 2.88 bits per heavy atom. The Kier molecular flexibility index (Phi) is 2.57. The van der Waals surface area contributed by atoms with Gasteiger partial charge in [0.25, 0.3) is 0 Å². The largest absolute Gasteiger partial charge is 0.278 e. The molecule has 1 aromatic carbocycles. The summed E-state index contributed by atoms with van der Waals surface area (Å²) in [6.07, 6.45) is 1.67. The molecule has 0 saturated heterocycles. The molecule has 1 heterocycles. The molecule has 2 aromatic rings. The lowest BCUT2D eigenvalue weighted by molar-refractivity contribution is 0.950. The Balaban J connectivity index is 2.28. The van der Waals surface area contributed by atoms with Gasteiger partial charge < -0.3 is 0 Å². The zero-order chi connectivity index (χ0) is 11.4. The number of nitriles is 2. The molecule has 0 aliphatic heterocycles. The predicted molar refractivity (Wildman–Crippen MR) is 55.6 cm³/mol. The third kappa shape index (κ3) is 1.86. The first-order valence-electron chi connectivity index (χ1n) is 4.46. The maximum Gasteiger partial charge on any atom is 0.242 e. The number of aromatic nitrogens is 2. The van der Waals surface area contributed by atoms with Gasteiger partial charge in [0.15, 0.2) is 0 Å². The molecule has 0 radical (unpaired) electrons. The second kappa shape index (κ2) is 4.20. The van der Waals surface area contributed by atoms with E-state index in [4.69, 9.17) is 10.5 Å². The van der Waals surface area contributed by atoms with E-state index in [1.165, 1.54) is 0 Å². The Labute approximate surface area is 90.8 Å². The first kappa shape index (κ1) is 9.81. The maximum atomic E-state index is 8.50. The average Bonchev–Trinajstić information content (AvgIpc) is 2.77. The van der Waals surface area contributed by atoms with Gasteiger partial charge in [-0.3, -0.25) is 5.10 Å². The van der Waals surface area contributed by atoms with Crippen LogP contribution in [0.15, 0.2) is 34.6 Å². The van der Waals surface area contributed by atoms with Crippen LogP contribution in [0.25, 0.3) is 10.9 Å². The molecule has 76 valence electrons. The Bertz CT molecular complexity index is 598. The quantitative estimate of drug-likeness (QED) is 0.767. The van der Waals surface area contributed by atoms with Crippen molar-refractivity contribution < 1.29 is 0 Å².